The zero-order valence-corrected chi connectivity index (χ0v) is 7.63. The van der Waals surface area contributed by atoms with Gasteiger partial charge in [0, 0.05) is 23.0 Å². The van der Waals surface area contributed by atoms with Crippen LogP contribution in [0.1, 0.15) is 13.3 Å². The van der Waals surface area contributed by atoms with Crippen LogP contribution in [0.4, 0.5) is 0 Å². The fourth-order valence-corrected chi connectivity index (χ4v) is 2.65. The fourth-order valence-electron chi connectivity index (χ4n) is 0.295. The van der Waals surface area contributed by atoms with Gasteiger partial charge in [-0.05, 0) is 0 Å². The Morgan fingerprint density at radius 2 is 1.90 bits per heavy atom. The molecule has 1 aliphatic rings. The van der Waals surface area contributed by atoms with Gasteiger partial charge in [-0.2, -0.15) is 23.5 Å². The van der Waals surface area contributed by atoms with Gasteiger partial charge >= 0.3 is 5.97 Å². The third kappa shape index (κ3) is 8.17. The van der Waals surface area contributed by atoms with E-state index in [9.17, 15) is 4.79 Å². The van der Waals surface area contributed by atoms with Crippen molar-refractivity contribution < 1.29 is 9.90 Å². The van der Waals surface area contributed by atoms with E-state index >= 15 is 0 Å². The number of thioether (sulfide) groups is 2. The second kappa shape index (κ2) is 7.28. The summed E-state index contributed by atoms with van der Waals surface area (Å²) in [5, 5.41) is 9.06. The molecule has 0 radical (unpaired) electrons. The highest BCUT2D eigenvalue weighted by Gasteiger charge is 1.95. The summed E-state index contributed by atoms with van der Waals surface area (Å²) >= 11 is 4.07. The van der Waals surface area contributed by atoms with Gasteiger partial charge in [0.05, 0.1) is 0 Å². The first-order chi connectivity index (χ1) is 4.77. The minimum Gasteiger partial charge on any atom is -0.481 e. The molecule has 0 aromatic rings. The van der Waals surface area contributed by atoms with Gasteiger partial charge in [0.25, 0.3) is 0 Å². The minimum atomic E-state index is -0.745. The molecule has 0 bridgehead atoms. The smallest absolute Gasteiger partial charge is 0.303 e. The Balaban J connectivity index is 0.000000162. The normalized spacial score (nSPS) is 15.7. The summed E-state index contributed by atoms with van der Waals surface area (Å²) in [6, 6.07) is 0. The van der Waals surface area contributed by atoms with E-state index in [2.05, 4.69) is 0 Å². The lowest BCUT2D eigenvalue weighted by Gasteiger charge is -1.71. The van der Waals surface area contributed by atoms with Crippen LogP contribution in [-0.2, 0) is 4.79 Å². The summed E-state index contributed by atoms with van der Waals surface area (Å²) < 4.78 is 0. The number of carboxylic acid groups (broad SMARTS) is 1. The molecular formula is C6H12O2S2. The molecule has 1 N–H and O–H groups in total. The molecule has 2 nitrogen and oxygen atoms in total. The zero-order chi connectivity index (χ0) is 7.82. The van der Waals surface area contributed by atoms with Gasteiger partial charge in [-0.3, -0.25) is 4.79 Å². The second-order valence-corrected chi connectivity index (χ2v) is 4.26. The highest BCUT2D eigenvalue weighted by atomic mass is 32.2. The Morgan fingerprint density at radius 3 is 2.00 bits per heavy atom. The maximum Gasteiger partial charge on any atom is 0.303 e. The first kappa shape index (κ1) is 10.2. The molecule has 0 aliphatic carbocycles. The number of hydrogen-bond donors (Lipinski definition) is 1. The Labute approximate surface area is 69.8 Å². The van der Waals surface area contributed by atoms with Gasteiger partial charge in [-0.25, -0.2) is 0 Å². The molecule has 1 fully saturated rings. The van der Waals surface area contributed by atoms with Crippen molar-refractivity contribution in [2.45, 2.75) is 13.3 Å². The molecule has 1 rings (SSSR count). The molecule has 0 unspecified atom stereocenters. The summed E-state index contributed by atoms with van der Waals surface area (Å²) in [5.74, 6) is 2.01. The Bertz CT molecular complexity index is 84.1. The van der Waals surface area contributed by atoms with E-state index in [-0.39, 0.29) is 6.42 Å². The molecule has 0 aromatic heterocycles. The van der Waals surface area contributed by atoms with Crippen molar-refractivity contribution in [1.82, 2.24) is 0 Å². The van der Waals surface area contributed by atoms with Gasteiger partial charge < -0.3 is 5.11 Å². The largest absolute Gasteiger partial charge is 0.481 e. The number of hydrogen-bond acceptors (Lipinski definition) is 3. The topological polar surface area (TPSA) is 37.3 Å². The minimum absolute atomic E-state index is 0.222. The molecule has 0 amide bonds. The lowest BCUT2D eigenvalue weighted by molar-refractivity contribution is -0.136. The highest BCUT2D eigenvalue weighted by Crippen LogP contribution is 2.20. The second-order valence-electron chi connectivity index (χ2n) is 1.68. The van der Waals surface area contributed by atoms with Crippen molar-refractivity contribution in [3.8, 4) is 0 Å². The number of rotatable bonds is 1. The van der Waals surface area contributed by atoms with Crippen LogP contribution in [0.3, 0.4) is 0 Å². The van der Waals surface area contributed by atoms with Crippen LogP contribution in [0.15, 0.2) is 0 Å². The lowest BCUT2D eigenvalue weighted by Crippen LogP contribution is -1.86. The molecule has 1 saturated heterocycles. The van der Waals surface area contributed by atoms with E-state index in [1.807, 2.05) is 23.5 Å². The molecule has 0 atom stereocenters. The van der Waals surface area contributed by atoms with Crippen LogP contribution in [-0.4, -0.2) is 27.7 Å². The molecule has 1 aliphatic heterocycles. The van der Waals surface area contributed by atoms with Crippen LogP contribution >= 0.6 is 23.5 Å². The van der Waals surface area contributed by atoms with E-state index in [1.165, 1.54) is 16.6 Å². The summed E-state index contributed by atoms with van der Waals surface area (Å²) in [6.45, 7) is 1.60. The van der Waals surface area contributed by atoms with E-state index < -0.39 is 5.97 Å². The Morgan fingerprint density at radius 1 is 1.50 bits per heavy atom. The predicted molar refractivity (Wildman–Crippen MR) is 47.7 cm³/mol. The van der Waals surface area contributed by atoms with Gasteiger partial charge in [0.15, 0.2) is 0 Å². The van der Waals surface area contributed by atoms with Gasteiger partial charge in [-0.15, -0.1) is 0 Å². The van der Waals surface area contributed by atoms with Gasteiger partial charge in [0.1, 0.15) is 0 Å². The average molecular weight is 180 g/mol. The first-order valence-electron chi connectivity index (χ1n) is 3.14. The van der Waals surface area contributed by atoms with Crippen LogP contribution in [0.5, 0.6) is 0 Å². The standard InChI is InChI=1S/C3H6O2.C3H6S2/c1-2-3(4)5;1-2-5-3-4-1/h2H2,1H3,(H,4,5);1-3H2. The van der Waals surface area contributed by atoms with Crippen molar-refractivity contribution in [2.75, 3.05) is 16.6 Å². The molecule has 0 spiro atoms. The SMILES string of the molecule is C1CSCS1.CCC(=O)O. The van der Waals surface area contributed by atoms with Gasteiger partial charge in [0.2, 0.25) is 0 Å². The van der Waals surface area contributed by atoms with Crippen LogP contribution < -0.4 is 0 Å². The number of carbonyl (C=O) groups is 1. The Hall–Kier alpha value is 0.170. The third-order valence-electron chi connectivity index (χ3n) is 0.841. The summed E-state index contributed by atoms with van der Waals surface area (Å²) in [4.78, 5) is 9.37. The quantitative estimate of drug-likeness (QED) is 0.669. The predicted octanol–water partition coefficient (Wildman–Crippen LogP) is 1.90. The number of aliphatic carboxylic acids is 1. The Kier molecular flexibility index (Phi) is 7.40. The fraction of sp³-hybridized carbons (Fsp3) is 0.833. The highest BCUT2D eigenvalue weighted by molar-refractivity contribution is 8.19. The zero-order valence-electron chi connectivity index (χ0n) is 6.00. The van der Waals surface area contributed by atoms with Gasteiger partial charge in [-0.1, -0.05) is 6.92 Å². The third-order valence-corrected chi connectivity index (χ3v) is 3.42. The molecule has 0 aromatic carbocycles. The summed E-state index contributed by atoms with van der Waals surface area (Å²) in [6.07, 6.45) is 0.222. The van der Waals surface area contributed by atoms with E-state index in [1.54, 1.807) is 6.92 Å². The molecule has 10 heavy (non-hydrogen) atoms. The van der Waals surface area contributed by atoms with Crippen LogP contribution in [0.2, 0.25) is 0 Å². The van der Waals surface area contributed by atoms with Crippen molar-refractivity contribution in [2.24, 2.45) is 0 Å². The van der Waals surface area contributed by atoms with Crippen molar-refractivity contribution in [3.63, 3.8) is 0 Å². The van der Waals surface area contributed by atoms with Crippen LogP contribution in [0.25, 0.3) is 0 Å². The lowest BCUT2D eigenvalue weighted by atomic mass is 10.5. The van der Waals surface area contributed by atoms with Crippen LogP contribution in [0, 0.1) is 0 Å². The van der Waals surface area contributed by atoms with E-state index in [0.717, 1.165) is 0 Å². The molecule has 1 heterocycles. The first-order valence-corrected chi connectivity index (χ1v) is 5.45. The molecule has 0 saturated carbocycles. The van der Waals surface area contributed by atoms with Crippen molar-refractivity contribution in [1.29, 1.82) is 0 Å². The monoisotopic (exact) mass is 180 g/mol. The van der Waals surface area contributed by atoms with E-state index in [0.29, 0.717) is 0 Å². The maximum absolute atomic E-state index is 9.37. The van der Waals surface area contributed by atoms with E-state index in [4.69, 9.17) is 5.11 Å². The molecule has 60 valence electrons. The van der Waals surface area contributed by atoms with Crippen molar-refractivity contribution in [3.05, 3.63) is 0 Å². The number of carboxylic acids is 1. The molecule has 4 heteroatoms. The average Bonchev–Trinajstić information content (AvgIpc) is 2.43. The maximum atomic E-state index is 9.37. The summed E-state index contributed by atoms with van der Waals surface area (Å²) in [7, 11) is 0. The van der Waals surface area contributed by atoms with Crippen molar-refractivity contribution >= 4 is 29.5 Å². The molecular weight excluding hydrogens is 168 g/mol. The summed E-state index contributed by atoms with van der Waals surface area (Å²) in [5.41, 5.74) is 0.